The largest absolute Gasteiger partial charge is 0.310 e. The fourth-order valence-electron chi connectivity index (χ4n) is 1.69. The van der Waals surface area contributed by atoms with Gasteiger partial charge in [0.1, 0.15) is 0 Å². The molecule has 2 rings (SSSR count). The van der Waals surface area contributed by atoms with Crippen LogP contribution in [0.3, 0.4) is 0 Å². The smallest absolute Gasteiger partial charge is 0.0652 e. The first-order chi connectivity index (χ1) is 6.29. The summed E-state index contributed by atoms with van der Waals surface area (Å²) in [4.78, 5) is 3.92. The highest BCUT2D eigenvalue weighted by atomic mass is 35.5. The van der Waals surface area contributed by atoms with Gasteiger partial charge in [-0.05, 0) is 19.4 Å². The van der Waals surface area contributed by atoms with Gasteiger partial charge < -0.3 is 5.32 Å². The molecule has 2 nitrogen and oxygen atoms in total. The number of rotatable bonds is 1. The maximum atomic E-state index is 6.02. The van der Waals surface area contributed by atoms with Crippen molar-refractivity contribution in [3.05, 3.63) is 28.0 Å². The number of pyridine rings is 1. The van der Waals surface area contributed by atoms with Crippen LogP contribution in [-0.4, -0.2) is 11.5 Å². The first-order valence-corrected chi connectivity index (χ1v) is 5.07. The van der Waals surface area contributed by atoms with Crippen LogP contribution in [0.1, 0.15) is 24.4 Å². The fourth-order valence-corrected chi connectivity index (χ4v) is 2.31. The molecule has 0 radical (unpaired) electrons. The summed E-state index contributed by atoms with van der Waals surface area (Å²) in [6.45, 7) is 1.04. The van der Waals surface area contributed by atoms with E-state index in [2.05, 4.69) is 10.3 Å². The van der Waals surface area contributed by atoms with E-state index in [1.165, 1.54) is 6.42 Å². The summed E-state index contributed by atoms with van der Waals surface area (Å²) < 4.78 is 0. The SMILES string of the molecule is Clc1cncc(Cl)c1[C@H]1CCCN1. The molecule has 1 aromatic rings. The van der Waals surface area contributed by atoms with Gasteiger partial charge in [0.15, 0.2) is 0 Å². The topological polar surface area (TPSA) is 24.9 Å². The molecular weight excluding hydrogens is 207 g/mol. The van der Waals surface area contributed by atoms with E-state index in [1.807, 2.05) is 0 Å². The number of nitrogens with zero attached hydrogens (tertiary/aromatic N) is 1. The van der Waals surface area contributed by atoms with E-state index in [0.29, 0.717) is 16.1 Å². The van der Waals surface area contributed by atoms with Crippen molar-refractivity contribution in [2.75, 3.05) is 6.54 Å². The molecule has 1 atom stereocenters. The predicted octanol–water partition coefficient (Wildman–Crippen LogP) is 2.81. The number of halogens is 2. The van der Waals surface area contributed by atoms with E-state index >= 15 is 0 Å². The van der Waals surface area contributed by atoms with Crippen molar-refractivity contribution in [2.45, 2.75) is 18.9 Å². The van der Waals surface area contributed by atoms with Gasteiger partial charge in [-0.15, -0.1) is 0 Å². The molecule has 4 heteroatoms. The molecule has 1 aliphatic heterocycles. The zero-order valence-corrected chi connectivity index (χ0v) is 8.57. The molecule has 0 unspecified atom stereocenters. The molecule has 1 fully saturated rings. The highest BCUT2D eigenvalue weighted by Gasteiger charge is 2.21. The monoisotopic (exact) mass is 216 g/mol. The molecule has 1 aliphatic rings. The second-order valence-corrected chi connectivity index (χ2v) is 3.98. The minimum absolute atomic E-state index is 0.308. The molecule has 1 N–H and O–H groups in total. The Morgan fingerprint density at radius 3 is 2.54 bits per heavy atom. The van der Waals surface area contributed by atoms with E-state index in [4.69, 9.17) is 23.2 Å². The van der Waals surface area contributed by atoms with Gasteiger partial charge in [0.25, 0.3) is 0 Å². The minimum Gasteiger partial charge on any atom is -0.310 e. The molecule has 0 saturated carbocycles. The average molecular weight is 217 g/mol. The third-order valence-electron chi connectivity index (χ3n) is 2.30. The van der Waals surface area contributed by atoms with Crippen molar-refractivity contribution in [3.63, 3.8) is 0 Å². The molecular formula is C9H10Cl2N2. The Balaban J connectivity index is 2.37. The predicted molar refractivity (Wildman–Crippen MR) is 54.2 cm³/mol. The maximum absolute atomic E-state index is 6.02. The standard InChI is InChI=1S/C9H10Cl2N2/c10-6-4-12-5-7(11)9(6)8-2-1-3-13-8/h4-5,8,13H,1-3H2/t8-/m1/s1. The van der Waals surface area contributed by atoms with Crippen LogP contribution in [0.5, 0.6) is 0 Å². The zero-order valence-electron chi connectivity index (χ0n) is 7.06. The van der Waals surface area contributed by atoms with Crippen LogP contribution in [0, 0.1) is 0 Å². The summed E-state index contributed by atoms with van der Waals surface area (Å²) in [6, 6.07) is 0.308. The number of nitrogens with one attached hydrogen (secondary N) is 1. The third kappa shape index (κ3) is 1.80. The lowest BCUT2D eigenvalue weighted by molar-refractivity contribution is 0.647. The van der Waals surface area contributed by atoms with Crippen LogP contribution >= 0.6 is 23.2 Å². The van der Waals surface area contributed by atoms with Crippen molar-refractivity contribution < 1.29 is 0 Å². The molecule has 2 heterocycles. The van der Waals surface area contributed by atoms with Crippen LogP contribution in [0.15, 0.2) is 12.4 Å². The summed E-state index contributed by atoms with van der Waals surface area (Å²) in [6.07, 6.45) is 5.56. The minimum atomic E-state index is 0.308. The Labute approximate surface area is 87.3 Å². The zero-order chi connectivity index (χ0) is 9.26. The molecule has 0 aliphatic carbocycles. The van der Waals surface area contributed by atoms with Crippen LogP contribution in [0.25, 0.3) is 0 Å². The van der Waals surface area contributed by atoms with Crippen LogP contribution in [-0.2, 0) is 0 Å². The molecule has 13 heavy (non-hydrogen) atoms. The normalized spacial score (nSPS) is 22.2. The van der Waals surface area contributed by atoms with Gasteiger partial charge in [-0.2, -0.15) is 0 Å². The summed E-state index contributed by atoms with van der Waals surface area (Å²) in [5, 5.41) is 4.68. The summed E-state index contributed by atoms with van der Waals surface area (Å²) in [5.41, 5.74) is 0.996. The van der Waals surface area contributed by atoms with Crippen LogP contribution in [0.4, 0.5) is 0 Å². The molecule has 0 bridgehead atoms. The Hall–Kier alpha value is -0.310. The van der Waals surface area contributed by atoms with E-state index in [-0.39, 0.29) is 0 Å². The number of aromatic nitrogens is 1. The van der Waals surface area contributed by atoms with Gasteiger partial charge in [0.2, 0.25) is 0 Å². The van der Waals surface area contributed by atoms with Crippen LogP contribution in [0.2, 0.25) is 10.0 Å². The second-order valence-electron chi connectivity index (χ2n) is 3.17. The maximum Gasteiger partial charge on any atom is 0.0652 e. The first-order valence-electron chi connectivity index (χ1n) is 4.31. The van der Waals surface area contributed by atoms with Crippen LogP contribution < -0.4 is 5.32 Å². The summed E-state index contributed by atoms with van der Waals surface area (Å²) >= 11 is 12.0. The lowest BCUT2D eigenvalue weighted by Crippen LogP contribution is -2.13. The van der Waals surface area contributed by atoms with Gasteiger partial charge in [0, 0.05) is 24.0 Å². The second kappa shape index (κ2) is 3.82. The van der Waals surface area contributed by atoms with Crippen molar-refractivity contribution >= 4 is 23.2 Å². The van der Waals surface area contributed by atoms with Gasteiger partial charge in [-0.1, -0.05) is 23.2 Å². The molecule has 1 saturated heterocycles. The summed E-state index contributed by atoms with van der Waals surface area (Å²) in [7, 11) is 0. The lowest BCUT2D eigenvalue weighted by Gasteiger charge is -2.13. The molecule has 70 valence electrons. The Bertz CT molecular complexity index is 288. The van der Waals surface area contributed by atoms with Crippen molar-refractivity contribution in [1.82, 2.24) is 10.3 Å². The Kier molecular flexibility index (Phi) is 2.72. The fraction of sp³-hybridized carbons (Fsp3) is 0.444. The molecule has 1 aromatic heterocycles. The Morgan fingerprint density at radius 1 is 1.31 bits per heavy atom. The van der Waals surface area contributed by atoms with Crippen molar-refractivity contribution in [3.8, 4) is 0 Å². The average Bonchev–Trinajstić information content (AvgIpc) is 2.57. The lowest BCUT2D eigenvalue weighted by atomic mass is 10.1. The van der Waals surface area contributed by atoms with E-state index < -0.39 is 0 Å². The quantitative estimate of drug-likeness (QED) is 0.782. The van der Waals surface area contributed by atoms with Gasteiger partial charge in [0.05, 0.1) is 10.0 Å². The summed E-state index contributed by atoms with van der Waals surface area (Å²) in [5.74, 6) is 0. The molecule has 0 amide bonds. The Morgan fingerprint density at radius 2 is 2.00 bits per heavy atom. The number of hydrogen-bond acceptors (Lipinski definition) is 2. The first kappa shape index (κ1) is 9.25. The highest BCUT2D eigenvalue weighted by molar-refractivity contribution is 6.35. The van der Waals surface area contributed by atoms with Crippen molar-refractivity contribution in [1.29, 1.82) is 0 Å². The molecule has 0 spiro atoms. The highest BCUT2D eigenvalue weighted by Crippen LogP contribution is 2.33. The third-order valence-corrected chi connectivity index (χ3v) is 2.90. The number of hydrogen-bond donors (Lipinski definition) is 1. The van der Waals surface area contributed by atoms with Crippen molar-refractivity contribution in [2.24, 2.45) is 0 Å². The van der Waals surface area contributed by atoms with Gasteiger partial charge in [-0.25, -0.2) is 0 Å². The van der Waals surface area contributed by atoms with E-state index in [9.17, 15) is 0 Å². The van der Waals surface area contributed by atoms with E-state index in [1.54, 1.807) is 12.4 Å². The molecule has 0 aromatic carbocycles. The van der Waals surface area contributed by atoms with Gasteiger partial charge in [-0.3, -0.25) is 4.98 Å². The van der Waals surface area contributed by atoms with E-state index in [0.717, 1.165) is 18.5 Å². The van der Waals surface area contributed by atoms with Gasteiger partial charge >= 0.3 is 0 Å².